The van der Waals surface area contributed by atoms with Gasteiger partial charge in [0.2, 0.25) is 5.91 Å². The standard InChI is InChI=1S/C20H28N4O4S2/c1-5-14-12(4)30-17-16(14)18(26)24(9-13-7-6-8-28-13)20(23-17)29-10-15(25)22-19(27)21-11(2)3/h11,13H,5-10H2,1-4H3,(H2,21,22,25,27). The Morgan fingerprint density at radius 1 is 1.40 bits per heavy atom. The lowest BCUT2D eigenvalue weighted by Gasteiger charge is -2.16. The van der Waals surface area contributed by atoms with Crippen molar-refractivity contribution in [2.75, 3.05) is 12.4 Å². The SMILES string of the molecule is CCc1c(C)sc2nc(SCC(=O)NC(=O)NC(C)C)n(CC3CCCO3)c(=O)c12. The number of thioether (sulfide) groups is 1. The number of nitrogens with zero attached hydrogens (tertiary/aromatic N) is 2. The summed E-state index contributed by atoms with van der Waals surface area (Å²) in [4.78, 5) is 43.8. The second kappa shape index (κ2) is 9.93. The fraction of sp³-hybridized carbons (Fsp3) is 0.600. The van der Waals surface area contributed by atoms with E-state index >= 15 is 0 Å². The Bertz CT molecular complexity index is 993. The molecule has 2 aromatic heterocycles. The highest BCUT2D eigenvalue weighted by molar-refractivity contribution is 7.99. The molecule has 3 rings (SSSR count). The van der Waals surface area contributed by atoms with Crippen LogP contribution in [0.25, 0.3) is 10.2 Å². The number of amides is 3. The molecule has 3 amide bonds. The quantitative estimate of drug-likeness (QED) is 0.495. The van der Waals surface area contributed by atoms with Gasteiger partial charge in [-0.25, -0.2) is 9.78 Å². The summed E-state index contributed by atoms with van der Waals surface area (Å²) in [5, 5.41) is 6.06. The smallest absolute Gasteiger partial charge is 0.321 e. The number of hydrogen-bond donors (Lipinski definition) is 2. The van der Waals surface area contributed by atoms with Gasteiger partial charge in [-0.1, -0.05) is 18.7 Å². The van der Waals surface area contributed by atoms with Crippen molar-refractivity contribution < 1.29 is 14.3 Å². The van der Waals surface area contributed by atoms with E-state index in [2.05, 4.69) is 10.6 Å². The van der Waals surface area contributed by atoms with E-state index in [0.29, 0.717) is 28.5 Å². The molecule has 1 aliphatic rings. The van der Waals surface area contributed by atoms with Crippen LogP contribution in [0.2, 0.25) is 0 Å². The first-order valence-electron chi connectivity index (χ1n) is 10.2. The van der Waals surface area contributed by atoms with Crippen molar-refractivity contribution in [1.29, 1.82) is 0 Å². The van der Waals surface area contributed by atoms with Crippen molar-refractivity contribution in [2.24, 2.45) is 0 Å². The summed E-state index contributed by atoms with van der Waals surface area (Å²) in [6.45, 7) is 8.78. The summed E-state index contributed by atoms with van der Waals surface area (Å²) < 4.78 is 7.36. The predicted molar refractivity (Wildman–Crippen MR) is 120 cm³/mol. The van der Waals surface area contributed by atoms with E-state index in [0.717, 1.165) is 41.5 Å². The van der Waals surface area contributed by atoms with Gasteiger partial charge in [-0.05, 0) is 45.6 Å². The van der Waals surface area contributed by atoms with E-state index in [-0.39, 0.29) is 23.5 Å². The van der Waals surface area contributed by atoms with Gasteiger partial charge < -0.3 is 10.1 Å². The third-order valence-electron chi connectivity index (χ3n) is 4.85. The maximum atomic E-state index is 13.4. The summed E-state index contributed by atoms with van der Waals surface area (Å²) in [6.07, 6.45) is 2.61. The number of hydrogen-bond acceptors (Lipinski definition) is 7. The molecule has 164 valence electrons. The Morgan fingerprint density at radius 3 is 2.80 bits per heavy atom. The number of aromatic nitrogens is 2. The van der Waals surface area contributed by atoms with Crippen molar-refractivity contribution in [3.8, 4) is 0 Å². The molecule has 10 heteroatoms. The minimum absolute atomic E-state index is 0.0139. The largest absolute Gasteiger partial charge is 0.376 e. The van der Waals surface area contributed by atoms with Gasteiger partial charge in [-0.2, -0.15) is 0 Å². The number of fused-ring (bicyclic) bond motifs is 1. The van der Waals surface area contributed by atoms with Crippen LogP contribution in [0, 0.1) is 6.92 Å². The molecule has 1 aliphatic heterocycles. The number of urea groups is 1. The van der Waals surface area contributed by atoms with Crippen LogP contribution in [0.1, 0.15) is 44.1 Å². The average molecular weight is 453 g/mol. The normalized spacial score (nSPS) is 16.4. The number of thiophene rings is 1. The van der Waals surface area contributed by atoms with E-state index in [1.807, 2.05) is 27.7 Å². The van der Waals surface area contributed by atoms with Crippen LogP contribution in [-0.4, -0.2) is 46.0 Å². The van der Waals surface area contributed by atoms with Crippen LogP contribution >= 0.6 is 23.1 Å². The number of ether oxygens (including phenoxy) is 1. The van der Waals surface area contributed by atoms with Gasteiger partial charge in [0.25, 0.3) is 5.56 Å². The third kappa shape index (κ3) is 5.22. The monoisotopic (exact) mass is 452 g/mol. The van der Waals surface area contributed by atoms with E-state index < -0.39 is 11.9 Å². The van der Waals surface area contributed by atoms with Gasteiger partial charge >= 0.3 is 6.03 Å². The van der Waals surface area contributed by atoms with Crippen LogP contribution in [0.5, 0.6) is 0 Å². The summed E-state index contributed by atoms with van der Waals surface area (Å²) >= 11 is 2.66. The number of aryl methyl sites for hydroxylation is 2. The van der Waals surface area contributed by atoms with E-state index in [1.54, 1.807) is 4.57 Å². The van der Waals surface area contributed by atoms with Gasteiger partial charge in [0.15, 0.2) is 5.16 Å². The molecule has 0 spiro atoms. The topological polar surface area (TPSA) is 102 Å². The summed E-state index contributed by atoms with van der Waals surface area (Å²) in [5.74, 6) is -0.451. The molecule has 2 aromatic rings. The Morgan fingerprint density at radius 2 is 2.17 bits per heavy atom. The molecule has 1 saturated heterocycles. The van der Waals surface area contributed by atoms with Gasteiger partial charge in [0.1, 0.15) is 4.83 Å². The molecule has 30 heavy (non-hydrogen) atoms. The van der Waals surface area contributed by atoms with Crippen LogP contribution in [0.15, 0.2) is 9.95 Å². The molecule has 2 N–H and O–H groups in total. The van der Waals surface area contributed by atoms with Crippen LogP contribution in [0.3, 0.4) is 0 Å². The molecule has 1 atom stereocenters. The van der Waals surface area contributed by atoms with Crippen molar-refractivity contribution in [1.82, 2.24) is 20.2 Å². The minimum Gasteiger partial charge on any atom is -0.376 e. The first-order chi connectivity index (χ1) is 14.3. The zero-order valence-electron chi connectivity index (χ0n) is 17.7. The minimum atomic E-state index is -0.530. The highest BCUT2D eigenvalue weighted by Crippen LogP contribution is 2.30. The van der Waals surface area contributed by atoms with Crippen molar-refractivity contribution >= 4 is 45.3 Å². The first-order valence-corrected chi connectivity index (χ1v) is 12.0. The first kappa shape index (κ1) is 22.8. The van der Waals surface area contributed by atoms with Gasteiger partial charge in [-0.3, -0.25) is 19.5 Å². The fourth-order valence-electron chi connectivity index (χ4n) is 3.51. The lowest BCUT2D eigenvalue weighted by atomic mass is 10.1. The Labute approximate surface area is 183 Å². The lowest BCUT2D eigenvalue weighted by Crippen LogP contribution is -2.43. The second-order valence-electron chi connectivity index (χ2n) is 7.58. The highest BCUT2D eigenvalue weighted by Gasteiger charge is 2.23. The molecule has 0 aliphatic carbocycles. The molecule has 8 nitrogen and oxygen atoms in total. The lowest BCUT2D eigenvalue weighted by molar-refractivity contribution is -0.117. The molecule has 0 radical (unpaired) electrons. The number of rotatable bonds is 7. The summed E-state index contributed by atoms with van der Waals surface area (Å²) in [5.41, 5.74) is 0.949. The molecular formula is C20H28N4O4S2. The zero-order chi connectivity index (χ0) is 21.8. The van der Waals surface area contributed by atoms with Gasteiger partial charge in [0, 0.05) is 17.5 Å². The van der Waals surface area contributed by atoms with Crippen molar-refractivity contribution in [3.63, 3.8) is 0 Å². The van der Waals surface area contributed by atoms with Gasteiger partial charge in [-0.15, -0.1) is 11.3 Å². The molecule has 0 saturated carbocycles. The van der Waals surface area contributed by atoms with Gasteiger partial charge in [0.05, 0.1) is 23.8 Å². The maximum absolute atomic E-state index is 13.4. The van der Waals surface area contributed by atoms with E-state index in [1.165, 1.54) is 11.3 Å². The second-order valence-corrected chi connectivity index (χ2v) is 9.73. The van der Waals surface area contributed by atoms with Crippen molar-refractivity contribution in [2.45, 2.75) is 70.8 Å². The predicted octanol–water partition coefficient (Wildman–Crippen LogP) is 2.83. The molecule has 1 unspecified atom stereocenters. The number of nitrogens with one attached hydrogen (secondary N) is 2. The Kier molecular flexibility index (Phi) is 7.54. The molecule has 0 bridgehead atoms. The Balaban J connectivity index is 1.87. The van der Waals surface area contributed by atoms with Crippen molar-refractivity contribution in [3.05, 3.63) is 20.8 Å². The zero-order valence-corrected chi connectivity index (χ0v) is 19.4. The molecule has 1 fully saturated rings. The van der Waals surface area contributed by atoms with E-state index in [4.69, 9.17) is 9.72 Å². The Hall–Kier alpha value is -1.91. The summed E-state index contributed by atoms with van der Waals surface area (Å²) in [7, 11) is 0. The average Bonchev–Trinajstić information content (AvgIpc) is 3.28. The number of carbonyl (C=O) groups excluding carboxylic acids is 2. The van der Waals surface area contributed by atoms with E-state index in [9.17, 15) is 14.4 Å². The molecular weight excluding hydrogens is 424 g/mol. The molecule has 3 heterocycles. The highest BCUT2D eigenvalue weighted by atomic mass is 32.2. The maximum Gasteiger partial charge on any atom is 0.321 e. The fourth-order valence-corrected chi connectivity index (χ4v) is 5.47. The third-order valence-corrected chi connectivity index (χ3v) is 6.86. The number of carbonyl (C=O) groups is 2. The van der Waals surface area contributed by atoms with Crippen LogP contribution in [-0.2, 0) is 22.5 Å². The number of imide groups is 1. The summed E-state index contributed by atoms with van der Waals surface area (Å²) in [6, 6.07) is -0.599. The van der Waals surface area contributed by atoms with Crippen LogP contribution in [0.4, 0.5) is 4.79 Å². The molecule has 0 aromatic carbocycles. The van der Waals surface area contributed by atoms with Crippen LogP contribution < -0.4 is 16.2 Å².